The maximum atomic E-state index is 10.8. The molecule has 68 valence electrons. The van der Waals surface area contributed by atoms with Gasteiger partial charge < -0.3 is 5.32 Å². The summed E-state index contributed by atoms with van der Waals surface area (Å²) in [5, 5.41) is 3.27. The average molecular weight is 252 g/mol. The molecule has 1 atom stereocenters. The minimum Gasteiger partial charge on any atom is -0.336 e. The molecule has 12 heavy (non-hydrogen) atoms. The number of carbonyl (C=O) groups excluding carboxylic acids is 2. The van der Waals surface area contributed by atoms with Crippen molar-refractivity contribution in [2.75, 3.05) is 5.33 Å². The number of thioether (sulfide) groups is 1. The molecule has 1 saturated heterocycles. The van der Waals surface area contributed by atoms with Crippen LogP contribution in [-0.4, -0.2) is 21.7 Å². The molecule has 0 aromatic rings. The van der Waals surface area contributed by atoms with E-state index in [-0.39, 0.29) is 10.5 Å². The molecule has 1 rings (SSSR count). The number of alkyl halides is 1. The first-order valence-corrected chi connectivity index (χ1v) is 5.81. The molecule has 0 saturated carbocycles. The Morgan fingerprint density at radius 1 is 1.42 bits per heavy atom. The van der Waals surface area contributed by atoms with Crippen molar-refractivity contribution in [2.45, 2.75) is 24.6 Å². The quantitative estimate of drug-likeness (QED) is 0.465. The Morgan fingerprint density at radius 3 is 2.67 bits per heavy atom. The molecule has 3 nitrogen and oxygen atoms in total. The molecular weight excluding hydrogens is 242 g/mol. The number of amides is 1. The topological polar surface area (TPSA) is 46.2 Å². The van der Waals surface area contributed by atoms with Gasteiger partial charge in [0, 0.05) is 5.33 Å². The van der Waals surface area contributed by atoms with Crippen molar-refractivity contribution in [1.29, 1.82) is 0 Å². The van der Waals surface area contributed by atoms with Crippen LogP contribution in [0.15, 0.2) is 0 Å². The van der Waals surface area contributed by atoms with E-state index in [2.05, 4.69) is 21.2 Å². The number of hydrogen-bond acceptors (Lipinski definition) is 3. The van der Waals surface area contributed by atoms with Crippen LogP contribution in [0, 0.1) is 0 Å². The standard InChI is InChI=1S/C7H10BrNO2S/c8-4-2-1-3-5-9-6(10)7(11)12-5/h5H,1-4H2,(H,9,10). The Morgan fingerprint density at radius 2 is 2.17 bits per heavy atom. The third-order valence-electron chi connectivity index (χ3n) is 1.58. The van der Waals surface area contributed by atoms with Crippen LogP contribution in [0.5, 0.6) is 0 Å². The lowest BCUT2D eigenvalue weighted by Crippen LogP contribution is -2.25. The fraction of sp³-hybridized carbons (Fsp3) is 0.714. The second-order valence-electron chi connectivity index (χ2n) is 2.55. The fourth-order valence-electron chi connectivity index (χ4n) is 0.973. The third-order valence-corrected chi connectivity index (χ3v) is 3.17. The SMILES string of the molecule is O=C1NC(CCCCBr)SC1=O. The summed E-state index contributed by atoms with van der Waals surface area (Å²) in [5.41, 5.74) is 0. The van der Waals surface area contributed by atoms with E-state index in [1.165, 1.54) is 0 Å². The first kappa shape index (κ1) is 10.1. The molecule has 1 fully saturated rings. The second-order valence-corrected chi connectivity index (χ2v) is 4.52. The lowest BCUT2D eigenvalue weighted by atomic mass is 10.2. The van der Waals surface area contributed by atoms with Crippen LogP contribution in [0.1, 0.15) is 19.3 Å². The van der Waals surface area contributed by atoms with Gasteiger partial charge in [0.25, 0.3) is 11.0 Å². The molecule has 0 bridgehead atoms. The average Bonchev–Trinajstić information content (AvgIpc) is 2.32. The van der Waals surface area contributed by atoms with E-state index in [9.17, 15) is 9.59 Å². The summed E-state index contributed by atoms with van der Waals surface area (Å²) in [5.74, 6) is -0.441. The first-order chi connectivity index (χ1) is 5.74. The van der Waals surface area contributed by atoms with E-state index in [4.69, 9.17) is 0 Å². The zero-order valence-corrected chi connectivity index (χ0v) is 8.91. The van der Waals surface area contributed by atoms with Gasteiger partial charge in [-0.2, -0.15) is 0 Å². The van der Waals surface area contributed by atoms with Crippen molar-refractivity contribution < 1.29 is 9.59 Å². The summed E-state index contributed by atoms with van der Waals surface area (Å²) in [6, 6.07) is 0. The summed E-state index contributed by atoms with van der Waals surface area (Å²) in [6.07, 6.45) is 3.01. The lowest BCUT2D eigenvalue weighted by Gasteiger charge is -2.05. The first-order valence-electron chi connectivity index (χ1n) is 3.81. The van der Waals surface area contributed by atoms with E-state index in [0.29, 0.717) is 0 Å². The normalized spacial score (nSPS) is 22.9. The van der Waals surface area contributed by atoms with Gasteiger partial charge in [-0.15, -0.1) is 0 Å². The van der Waals surface area contributed by atoms with Gasteiger partial charge in [0.05, 0.1) is 5.37 Å². The molecule has 1 aliphatic heterocycles. The Kier molecular flexibility index (Phi) is 4.08. The number of carbonyl (C=O) groups is 2. The second kappa shape index (κ2) is 4.87. The molecule has 1 aliphatic rings. The van der Waals surface area contributed by atoms with Crippen LogP contribution in [0.2, 0.25) is 0 Å². The van der Waals surface area contributed by atoms with Gasteiger partial charge in [-0.25, -0.2) is 0 Å². The summed E-state index contributed by atoms with van der Waals surface area (Å²) in [4.78, 5) is 21.5. The van der Waals surface area contributed by atoms with E-state index in [1.54, 1.807) is 0 Å². The molecule has 0 spiro atoms. The summed E-state index contributed by atoms with van der Waals surface area (Å²) >= 11 is 4.43. The number of hydrogen-bond donors (Lipinski definition) is 1. The van der Waals surface area contributed by atoms with E-state index < -0.39 is 5.91 Å². The van der Waals surface area contributed by atoms with Crippen molar-refractivity contribution in [3.8, 4) is 0 Å². The van der Waals surface area contributed by atoms with E-state index >= 15 is 0 Å². The van der Waals surface area contributed by atoms with Gasteiger partial charge in [0.2, 0.25) is 0 Å². The van der Waals surface area contributed by atoms with Crippen LogP contribution in [0.3, 0.4) is 0 Å². The van der Waals surface area contributed by atoms with Crippen molar-refractivity contribution in [1.82, 2.24) is 5.32 Å². The van der Waals surface area contributed by atoms with Crippen LogP contribution in [0.4, 0.5) is 0 Å². The summed E-state index contributed by atoms with van der Waals surface area (Å²) < 4.78 is 0. The minimum absolute atomic E-state index is 0.0176. The highest BCUT2D eigenvalue weighted by Gasteiger charge is 2.29. The molecular formula is C7H10BrNO2S. The van der Waals surface area contributed by atoms with Crippen molar-refractivity contribution >= 4 is 38.7 Å². The molecule has 0 aromatic heterocycles. The van der Waals surface area contributed by atoms with Gasteiger partial charge in [-0.1, -0.05) is 27.7 Å². The summed E-state index contributed by atoms with van der Waals surface area (Å²) in [7, 11) is 0. The monoisotopic (exact) mass is 251 g/mol. The van der Waals surface area contributed by atoms with Gasteiger partial charge in [-0.3, -0.25) is 9.59 Å². The van der Waals surface area contributed by atoms with Crippen LogP contribution in [0.25, 0.3) is 0 Å². The maximum Gasteiger partial charge on any atom is 0.299 e. The molecule has 5 heteroatoms. The lowest BCUT2D eigenvalue weighted by molar-refractivity contribution is -0.132. The van der Waals surface area contributed by atoms with Crippen molar-refractivity contribution in [3.05, 3.63) is 0 Å². The Balaban J connectivity index is 2.19. The molecule has 0 aromatic carbocycles. The molecule has 1 heterocycles. The predicted molar refractivity (Wildman–Crippen MR) is 52.2 cm³/mol. The number of nitrogens with one attached hydrogen (secondary N) is 1. The van der Waals surface area contributed by atoms with Gasteiger partial charge in [0.1, 0.15) is 0 Å². The van der Waals surface area contributed by atoms with Crippen LogP contribution in [-0.2, 0) is 9.59 Å². The number of unbranched alkanes of at least 4 members (excludes halogenated alkanes) is 1. The molecule has 0 radical (unpaired) electrons. The van der Waals surface area contributed by atoms with Gasteiger partial charge in [0.15, 0.2) is 0 Å². The molecule has 0 aliphatic carbocycles. The van der Waals surface area contributed by atoms with Gasteiger partial charge in [-0.05, 0) is 19.3 Å². The smallest absolute Gasteiger partial charge is 0.299 e. The summed E-state index contributed by atoms with van der Waals surface area (Å²) in [6.45, 7) is 0. The minimum atomic E-state index is -0.441. The van der Waals surface area contributed by atoms with Crippen LogP contribution < -0.4 is 5.32 Å². The third kappa shape index (κ3) is 2.79. The largest absolute Gasteiger partial charge is 0.336 e. The highest BCUT2D eigenvalue weighted by Crippen LogP contribution is 2.21. The van der Waals surface area contributed by atoms with Crippen LogP contribution >= 0.6 is 27.7 Å². The Bertz CT molecular complexity index is 182. The maximum absolute atomic E-state index is 10.8. The predicted octanol–water partition coefficient (Wildman–Crippen LogP) is 1.27. The number of rotatable bonds is 4. The van der Waals surface area contributed by atoms with E-state index in [0.717, 1.165) is 36.4 Å². The fourth-order valence-corrected chi connectivity index (χ4v) is 2.24. The van der Waals surface area contributed by atoms with Crippen molar-refractivity contribution in [2.24, 2.45) is 0 Å². The Labute approximate surface area is 83.8 Å². The van der Waals surface area contributed by atoms with E-state index in [1.807, 2.05) is 0 Å². The molecule has 1 N–H and O–H groups in total. The molecule has 1 amide bonds. The zero-order chi connectivity index (χ0) is 8.97. The zero-order valence-electron chi connectivity index (χ0n) is 6.51. The van der Waals surface area contributed by atoms with Crippen molar-refractivity contribution in [3.63, 3.8) is 0 Å². The van der Waals surface area contributed by atoms with Gasteiger partial charge >= 0.3 is 0 Å². The highest BCUT2D eigenvalue weighted by molar-refractivity contribution is 9.09. The Hall–Kier alpha value is -0.0300. The highest BCUT2D eigenvalue weighted by atomic mass is 79.9. The molecule has 1 unspecified atom stereocenters. The number of halogens is 1.